The van der Waals surface area contributed by atoms with Gasteiger partial charge in [-0.25, -0.2) is 0 Å². The maximum absolute atomic E-state index is 6.02. The third-order valence-corrected chi connectivity index (χ3v) is 5.23. The lowest BCUT2D eigenvalue weighted by Crippen LogP contribution is -2.04. The second-order valence-corrected chi connectivity index (χ2v) is 7.09. The molecule has 1 aromatic carbocycles. The van der Waals surface area contributed by atoms with Gasteiger partial charge >= 0.3 is 0 Å². The molecule has 3 rings (SSSR count). The lowest BCUT2D eigenvalue weighted by molar-refractivity contribution is 0.305. The Labute approximate surface area is 131 Å². The summed E-state index contributed by atoms with van der Waals surface area (Å²) < 4.78 is 6.02. The normalized spacial score (nSPS) is 14.0. The minimum atomic E-state index is 0.671. The van der Waals surface area contributed by atoms with Gasteiger partial charge in [-0.2, -0.15) is 0 Å². The highest BCUT2D eigenvalue weighted by Crippen LogP contribution is 2.27. The number of nitrogens with one attached hydrogen (secondary N) is 1. The summed E-state index contributed by atoms with van der Waals surface area (Å²) in [6.07, 6.45) is 5.08. The zero-order valence-corrected chi connectivity index (χ0v) is 13.7. The molecule has 0 spiro atoms. The zero-order valence-electron chi connectivity index (χ0n) is 12.9. The Balaban J connectivity index is 1.67. The molecule has 1 aliphatic rings. The molecule has 2 nitrogen and oxygen atoms in total. The van der Waals surface area contributed by atoms with Crippen LogP contribution < -0.4 is 10.1 Å². The standard InChI is InChI=1S/C18H23NOS/c1-13-16(10-18(21-13)11-19-2)12-20-17-8-7-14-5-3-4-6-15(14)9-17/h7-10,19H,3-6,11-12H2,1-2H3. The van der Waals surface area contributed by atoms with Crippen LogP contribution in [-0.4, -0.2) is 7.05 Å². The van der Waals surface area contributed by atoms with E-state index in [4.69, 9.17) is 4.74 Å². The van der Waals surface area contributed by atoms with Gasteiger partial charge in [0.05, 0.1) is 0 Å². The Morgan fingerprint density at radius 3 is 2.76 bits per heavy atom. The molecule has 1 heterocycles. The number of fused-ring (bicyclic) bond motifs is 1. The number of hydrogen-bond acceptors (Lipinski definition) is 3. The Hall–Kier alpha value is -1.32. The van der Waals surface area contributed by atoms with Crippen molar-refractivity contribution in [3.8, 4) is 5.75 Å². The molecule has 0 saturated heterocycles. The van der Waals surface area contributed by atoms with Gasteiger partial charge in [-0.3, -0.25) is 0 Å². The maximum atomic E-state index is 6.02. The van der Waals surface area contributed by atoms with E-state index in [-0.39, 0.29) is 0 Å². The van der Waals surface area contributed by atoms with E-state index in [1.165, 1.54) is 52.1 Å². The fourth-order valence-electron chi connectivity index (χ4n) is 2.95. The highest BCUT2D eigenvalue weighted by atomic mass is 32.1. The van der Waals surface area contributed by atoms with Crippen LogP contribution in [0.15, 0.2) is 24.3 Å². The quantitative estimate of drug-likeness (QED) is 0.892. The molecule has 2 aromatic rings. The number of hydrogen-bond donors (Lipinski definition) is 1. The summed E-state index contributed by atoms with van der Waals surface area (Å²) >= 11 is 1.85. The topological polar surface area (TPSA) is 21.3 Å². The number of thiophene rings is 1. The fraction of sp³-hybridized carbons (Fsp3) is 0.444. The molecule has 1 aliphatic carbocycles. The maximum Gasteiger partial charge on any atom is 0.120 e. The number of ether oxygens (including phenoxy) is 1. The first kappa shape index (κ1) is 14.6. The van der Waals surface area contributed by atoms with Crippen LogP contribution in [0.3, 0.4) is 0 Å². The zero-order chi connectivity index (χ0) is 14.7. The molecule has 0 radical (unpaired) electrons. The molecule has 21 heavy (non-hydrogen) atoms. The van der Waals surface area contributed by atoms with Crippen LogP contribution >= 0.6 is 11.3 Å². The highest BCUT2D eigenvalue weighted by Gasteiger charge is 2.11. The van der Waals surface area contributed by atoms with Crippen LogP contribution in [0.4, 0.5) is 0 Å². The predicted molar refractivity (Wildman–Crippen MR) is 89.2 cm³/mol. The summed E-state index contributed by atoms with van der Waals surface area (Å²) in [5.74, 6) is 1.01. The van der Waals surface area contributed by atoms with E-state index in [1.54, 1.807) is 0 Å². The Kier molecular flexibility index (Phi) is 4.61. The van der Waals surface area contributed by atoms with Crippen LogP contribution in [0, 0.1) is 6.92 Å². The van der Waals surface area contributed by atoms with Crippen molar-refractivity contribution >= 4 is 11.3 Å². The van der Waals surface area contributed by atoms with Crippen LogP contribution in [0.1, 0.15) is 39.3 Å². The molecule has 0 amide bonds. The molecule has 1 aromatic heterocycles. The summed E-state index contributed by atoms with van der Waals surface area (Å²) in [6.45, 7) is 3.78. The van der Waals surface area contributed by atoms with Gasteiger partial charge in [0.1, 0.15) is 12.4 Å². The van der Waals surface area contributed by atoms with Crippen LogP contribution in [0.2, 0.25) is 0 Å². The third-order valence-electron chi connectivity index (χ3n) is 4.14. The fourth-order valence-corrected chi connectivity index (χ4v) is 4.01. The molecule has 1 N–H and O–H groups in total. The average molecular weight is 301 g/mol. The van der Waals surface area contributed by atoms with E-state index < -0.39 is 0 Å². The molecular formula is C18H23NOS. The molecule has 3 heteroatoms. The smallest absolute Gasteiger partial charge is 0.120 e. The minimum Gasteiger partial charge on any atom is -0.489 e. The molecule has 0 unspecified atom stereocenters. The summed E-state index contributed by atoms with van der Waals surface area (Å²) in [5.41, 5.74) is 4.30. The number of benzene rings is 1. The van der Waals surface area contributed by atoms with Crippen LogP contribution in [0.5, 0.6) is 5.75 Å². The molecular weight excluding hydrogens is 278 g/mol. The lowest BCUT2D eigenvalue weighted by Gasteiger charge is -2.16. The van der Waals surface area contributed by atoms with Gasteiger partial charge in [-0.1, -0.05) is 6.07 Å². The predicted octanol–water partition coefficient (Wildman–Crippen LogP) is 4.23. The molecule has 0 atom stereocenters. The molecule has 0 bridgehead atoms. The van der Waals surface area contributed by atoms with Gasteiger partial charge in [0.15, 0.2) is 0 Å². The molecule has 0 aliphatic heterocycles. The van der Waals surface area contributed by atoms with Crippen molar-refractivity contribution in [2.45, 2.75) is 45.8 Å². The van der Waals surface area contributed by atoms with Crippen molar-refractivity contribution in [1.82, 2.24) is 5.32 Å². The van der Waals surface area contributed by atoms with E-state index in [2.05, 4.69) is 36.5 Å². The summed E-state index contributed by atoms with van der Waals surface area (Å²) in [7, 11) is 1.98. The molecule has 0 saturated carbocycles. The number of aryl methyl sites for hydroxylation is 3. The first-order chi connectivity index (χ1) is 10.3. The van der Waals surface area contributed by atoms with Gasteiger partial charge in [0.25, 0.3) is 0 Å². The van der Waals surface area contributed by atoms with Gasteiger partial charge < -0.3 is 10.1 Å². The largest absolute Gasteiger partial charge is 0.489 e. The average Bonchev–Trinajstić information content (AvgIpc) is 2.85. The van der Waals surface area contributed by atoms with E-state index in [9.17, 15) is 0 Å². The van der Waals surface area contributed by atoms with Crippen molar-refractivity contribution in [3.63, 3.8) is 0 Å². The Bertz CT molecular complexity index is 618. The van der Waals surface area contributed by atoms with E-state index in [1.807, 2.05) is 18.4 Å². The van der Waals surface area contributed by atoms with E-state index in [0.717, 1.165) is 12.3 Å². The Morgan fingerprint density at radius 2 is 1.95 bits per heavy atom. The van der Waals surface area contributed by atoms with Gasteiger partial charge in [-0.05, 0) is 69.0 Å². The van der Waals surface area contributed by atoms with E-state index in [0.29, 0.717) is 6.61 Å². The van der Waals surface area contributed by atoms with Gasteiger partial charge in [0.2, 0.25) is 0 Å². The van der Waals surface area contributed by atoms with Crippen LogP contribution in [0.25, 0.3) is 0 Å². The van der Waals surface area contributed by atoms with Gasteiger partial charge in [0, 0.05) is 21.9 Å². The minimum absolute atomic E-state index is 0.671. The third kappa shape index (κ3) is 3.47. The summed E-state index contributed by atoms with van der Waals surface area (Å²) in [6, 6.07) is 8.87. The van der Waals surface area contributed by atoms with Crippen molar-refractivity contribution in [2.24, 2.45) is 0 Å². The van der Waals surface area contributed by atoms with Crippen molar-refractivity contribution in [1.29, 1.82) is 0 Å². The van der Waals surface area contributed by atoms with Crippen molar-refractivity contribution < 1.29 is 4.74 Å². The second-order valence-electron chi connectivity index (χ2n) is 5.75. The first-order valence-electron chi connectivity index (χ1n) is 7.73. The highest BCUT2D eigenvalue weighted by molar-refractivity contribution is 7.12. The molecule has 112 valence electrons. The van der Waals surface area contributed by atoms with Crippen molar-refractivity contribution in [2.75, 3.05) is 7.05 Å². The Morgan fingerprint density at radius 1 is 1.14 bits per heavy atom. The lowest BCUT2D eigenvalue weighted by atomic mass is 9.92. The van der Waals surface area contributed by atoms with E-state index >= 15 is 0 Å². The number of rotatable bonds is 5. The monoisotopic (exact) mass is 301 g/mol. The van der Waals surface area contributed by atoms with Gasteiger partial charge in [-0.15, -0.1) is 11.3 Å². The summed E-state index contributed by atoms with van der Waals surface area (Å²) in [5, 5.41) is 3.20. The summed E-state index contributed by atoms with van der Waals surface area (Å²) in [4.78, 5) is 2.73. The second kappa shape index (κ2) is 6.63. The van der Waals surface area contributed by atoms with Crippen LogP contribution in [-0.2, 0) is 26.0 Å². The SMILES string of the molecule is CNCc1cc(COc2ccc3c(c2)CCCC3)c(C)s1. The van der Waals surface area contributed by atoms with Crippen molar-refractivity contribution in [3.05, 3.63) is 50.7 Å². The first-order valence-corrected chi connectivity index (χ1v) is 8.55. The molecule has 0 fully saturated rings.